The first kappa shape index (κ1) is 21.2. The van der Waals surface area contributed by atoms with Crippen molar-refractivity contribution in [2.45, 2.75) is 64.5 Å². The van der Waals surface area contributed by atoms with Crippen LogP contribution in [0.3, 0.4) is 0 Å². The van der Waals surface area contributed by atoms with Gasteiger partial charge in [0.2, 0.25) is 11.8 Å². The Hall–Kier alpha value is -2.08. The summed E-state index contributed by atoms with van der Waals surface area (Å²) in [6.07, 6.45) is 5.43. The molecule has 3 aliphatic rings. The molecular formula is C24H35N3O3. The van der Waals surface area contributed by atoms with E-state index < -0.39 is 0 Å². The number of carbonyl (C=O) groups excluding carboxylic acids is 2. The van der Waals surface area contributed by atoms with Crippen molar-refractivity contribution in [3.63, 3.8) is 0 Å². The molecular weight excluding hydrogens is 378 g/mol. The van der Waals surface area contributed by atoms with Crippen LogP contribution in [-0.4, -0.2) is 66.5 Å². The van der Waals surface area contributed by atoms with Gasteiger partial charge in [0.05, 0.1) is 6.10 Å². The van der Waals surface area contributed by atoms with Gasteiger partial charge in [-0.15, -0.1) is 0 Å². The van der Waals surface area contributed by atoms with Crippen molar-refractivity contribution < 1.29 is 14.3 Å². The summed E-state index contributed by atoms with van der Waals surface area (Å²) in [6, 6.07) is 8.44. The zero-order valence-corrected chi connectivity index (χ0v) is 18.4. The molecule has 0 spiro atoms. The molecule has 30 heavy (non-hydrogen) atoms. The van der Waals surface area contributed by atoms with Crippen molar-refractivity contribution in [1.82, 2.24) is 9.80 Å². The van der Waals surface area contributed by atoms with E-state index in [0.717, 1.165) is 76.3 Å². The maximum Gasteiger partial charge on any atom is 0.227 e. The van der Waals surface area contributed by atoms with Crippen molar-refractivity contribution in [3.05, 3.63) is 24.3 Å². The number of rotatable bonds is 5. The van der Waals surface area contributed by atoms with Crippen molar-refractivity contribution in [2.24, 2.45) is 5.92 Å². The summed E-state index contributed by atoms with van der Waals surface area (Å²) in [5, 5.41) is 0. The molecule has 2 aliphatic heterocycles. The topological polar surface area (TPSA) is 53.1 Å². The van der Waals surface area contributed by atoms with Gasteiger partial charge in [-0.1, -0.05) is 0 Å². The highest BCUT2D eigenvalue weighted by atomic mass is 16.5. The van der Waals surface area contributed by atoms with Crippen LogP contribution in [0.15, 0.2) is 24.3 Å². The molecule has 4 rings (SSSR count). The molecule has 0 radical (unpaired) electrons. The summed E-state index contributed by atoms with van der Waals surface area (Å²) in [5.74, 6) is 1.55. The number of anilines is 1. The fraction of sp³-hybridized carbons (Fsp3) is 0.667. The van der Waals surface area contributed by atoms with Gasteiger partial charge in [-0.25, -0.2) is 0 Å². The zero-order valence-electron chi connectivity index (χ0n) is 18.4. The van der Waals surface area contributed by atoms with Crippen LogP contribution in [0.2, 0.25) is 0 Å². The second-order valence-corrected chi connectivity index (χ2v) is 9.19. The first-order valence-corrected chi connectivity index (χ1v) is 11.6. The number of benzene rings is 1. The van der Waals surface area contributed by atoms with E-state index in [1.165, 1.54) is 0 Å². The average molecular weight is 414 g/mol. The largest absolute Gasteiger partial charge is 0.490 e. The van der Waals surface area contributed by atoms with Gasteiger partial charge in [0.1, 0.15) is 5.75 Å². The molecule has 164 valence electrons. The van der Waals surface area contributed by atoms with E-state index in [4.69, 9.17) is 4.74 Å². The van der Waals surface area contributed by atoms with Gasteiger partial charge in [-0.2, -0.15) is 0 Å². The lowest BCUT2D eigenvalue weighted by Gasteiger charge is -2.39. The van der Waals surface area contributed by atoms with Crippen LogP contribution in [0, 0.1) is 5.92 Å². The normalized spacial score (nSPS) is 25.8. The summed E-state index contributed by atoms with van der Waals surface area (Å²) in [4.78, 5) is 31.2. The van der Waals surface area contributed by atoms with E-state index in [9.17, 15) is 9.59 Å². The molecule has 2 saturated heterocycles. The molecule has 2 amide bonds. The van der Waals surface area contributed by atoms with Crippen LogP contribution in [0.25, 0.3) is 0 Å². The van der Waals surface area contributed by atoms with Gasteiger partial charge >= 0.3 is 0 Å². The van der Waals surface area contributed by atoms with Crippen LogP contribution in [-0.2, 0) is 9.59 Å². The van der Waals surface area contributed by atoms with E-state index in [1.807, 2.05) is 29.2 Å². The van der Waals surface area contributed by atoms with Gasteiger partial charge < -0.3 is 14.5 Å². The van der Waals surface area contributed by atoms with Crippen molar-refractivity contribution in [2.75, 3.05) is 37.6 Å². The number of piperazine rings is 1. The maximum atomic E-state index is 12.9. The molecule has 0 N–H and O–H groups in total. The fourth-order valence-corrected chi connectivity index (χ4v) is 4.96. The fourth-order valence-electron chi connectivity index (χ4n) is 4.96. The van der Waals surface area contributed by atoms with Crippen molar-refractivity contribution in [3.8, 4) is 5.75 Å². The molecule has 0 bridgehead atoms. The van der Waals surface area contributed by atoms with E-state index in [0.29, 0.717) is 18.4 Å². The third kappa shape index (κ3) is 4.80. The standard InChI is InChI=1S/C24H35N3O3/c1-18(2)25-14-16-26(17-15-25)24(29)19-5-9-21(10-6-19)30-22-11-7-20(8-12-22)27-13-3-4-23(27)28/h7-8,11-12,18-19,21H,3-6,9-10,13-17H2,1-2H3/t19-,21-. The Morgan fingerprint density at radius 3 is 2.20 bits per heavy atom. The second kappa shape index (κ2) is 9.38. The van der Waals surface area contributed by atoms with E-state index in [2.05, 4.69) is 23.6 Å². The number of hydrogen-bond donors (Lipinski definition) is 0. The molecule has 2 heterocycles. The van der Waals surface area contributed by atoms with Gasteiger partial charge in [0, 0.05) is 56.8 Å². The summed E-state index contributed by atoms with van der Waals surface area (Å²) in [5.41, 5.74) is 0.955. The van der Waals surface area contributed by atoms with E-state index in [1.54, 1.807) is 0 Å². The minimum absolute atomic E-state index is 0.152. The second-order valence-electron chi connectivity index (χ2n) is 9.19. The predicted octanol–water partition coefficient (Wildman–Crippen LogP) is 3.30. The highest BCUT2D eigenvalue weighted by molar-refractivity contribution is 5.95. The molecule has 6 heteroatoms. The molecule has 0 unspecified atom stereocenters. The Kier molecular flexibility index (Phi) is 6.61. The summed E-state index contributed by atoms with van der Waals surface area (Å²) < 4.78 is 6.18. The highest BCUT2D eigenvalue weighted by Gasteiger charge is 2.32. The van der Waals surface area contributed by atoms with Crippen LogP contribution in [0.5, 0.6) is 5.75 Å². The molecule has 0 aromatic heterocycles. The first-order chi connectivity index (χ1) is 14.5. The Labute approximate surface area is 180 Å². The van der Waals surface area contributed by atoms with Crippen LogP contribution < -0.4 is 9.64 Å². The van der Waals surface area contributed by atoms with E-state index >= 15 is 0 Å². The Morgan fingerprint density at radius 1 is 0.967 bits per heavy atom. The smallest absolute Gasteiger partial charge is 0.227 e. The Bertz CT molecular complexity index is 733. The van der Waals surface area contributed by atoms with Crippen molar-refractivity contribution >= 4 is 17.5 Å². The Balaban J connectivity index is 1.23. The minimum Gasteiger partial charge on any atom is -0.490 e. The molecule has 0 atom stereocenters. The van der Waals surface area contributed by atoms with Crippen LogP contribution in [0.4, 0.5) is 5.69 Å². The number of ether oxygens (including phenoxy) is 1. The number of carbonyl (C=O) groups is 2. The zero-order chi connectivity index (χ0) is 21.1. The van der Waals surface area contributed by atoms with Gasteiger partial charge in [0.25, 0.3) is 0 Å². The van der Waals surface area contributed by atoms with Gasteiger partial charge in [0.15, 0.2) is 0 Å². The van der Waals surface area contributed by atoms with Gasteiger partial charge in [-0.05, 0) is 70.2 Å². The Morgan fingerprint density at radius 2 is 1.63 bits per heavy atom. The lowest BCUT2D eigenvalue weighted by Crippen LogP contribution is -2.52. The number of amides is 2. The monoisotopic (exact) mass is 413 g/mol. The number of hydrogen-bond acceptors (Lipinski definition) is 4. The third-order valence-corrected chi connectivity index (χ3v) is 6.90. The molecule has 1 aliphatic carbocycles. The maximum absolute atomic E-state index is 12.9. The molecule has 1 aromatic rings. The lowest BCUT2D eigenvalue weighted by molar-refractivity contribution is -0.139. The summed E-state index contributed by atoms with van der Waals surface area (Å²) >= 11 is 0. The van der Waals surface area contributed by atoms with Crippen molar-refractivity contribution in [1.29, 1.82) is 0 Å². The van der Waals surface area contributed by atoms with Gasteiger partial charge in [-0.3, -0.25) is 14.5 Å². The quantitative estimate of drug-likeness (QED) is 0.743. The predicted molar refractivity (Wildman–Crippen MR) is 118 cm³/mol. The molecule has 1 saturated carbocycles. The van der Waals surface area contributed by atoms with Crippen LogP contribution in [0.1, 0.15) is 52.4 Å². The molecule has 3 fully saturated rings. The highest BCUT2D eigenvalue weighted by Crippen LogP contribution is 2.30. The van der Waals surface area contributed by atoms with Crippen LogP contribution >= 0.6 is 0 Å². The summed E-state index contributed by atoms with van der Waals surface area (Å²) in [7, 11) is 0. The summed E-state index contributed by atoms with van der Waals surface area (Å²) in [6.45, 7) is 8.94. The average Bonchev–Trinajstić information content (AvgIpc) is 3.20. The van der Waals surface area contributed by atoms with E-state index in [-0.39, 0.29) is 17.9 Å². The minimum atomic E-state index is 0.152. The lowest BCUT2D eigenvalue weighted by atomic mass is 9.86. The third-order valence-electron chi connectivity index (χ3n) is 6.90. The molecule has 6 nitrogen and oxygen atoms in total. The molecule has 1 aromatic carbocycles. The SMILES string of the molecule is CC(C)N1CCN(C(=O)[C@H]2CC[C@H](Oc3ccc(N4CCCC4=O)cc3)CC2)CC1. The number of nitrogens with zero attached hydrogens (tertiary/aromatic N) is 3. The first-order valence-electron chi connectivity index (χ1n) is 11.6.